The van der Waals surface area contributed by atoms with E-state index >= 15 is 0 Å². The highest BCUT2D eigenvalue weighted by Gasteiger charge is 2.28. The number of carbonyl (C=O) groups is 3. The molecule has 0 saturated carbocycles. The molecule has 0 bridgehead atoms. The Morgan fingerprint density at radius 1 is 0.627 bits per heavy atom. The smallest absolute Gasteiger partial charge is 0.472 e. The van der Waals surface area contributed by atoms with E-state index < -0.39 is 63.8 Å². The molecule has 0 heterocycles. The lowest BCUT2D eigenvalue weighted by Gasteiger charge is -2.20. The molecule has 0 aliphatic rings. The molecular formula is C46H76NO11P. The number of aliphatic hydroxyl groups is 1. The van der Waals surface area contributed by atoms with Crippen molar-refractivity contribution in [3.63, 3.8) is 0 Å². The van der Waals surface area contributed by atoms with Crippen LogP contribution in [-0.2, 0) is 37.5 Å². The predicted molar refractivity (Wildman–Crippen MR) is 236 cm³/mol. The molecule has 0 aromatic heterocycles. The van der Waals surface area contributed by atoms with E-state index in [9.17, 15) is 28.9 Å². The number of carbonyl (C=O) groups excluding carboxylic acids is 2. The first-order chi connectivity index (χ1) is 28.5. The van der Waals surface area contributed by atoms with Crippen LogP contribution < -0.4 is 5.73 Å². The monoisotopic (exact) mass is 850 g/mol. The van der Waals surface area contributed by atoms with Gasteiger partial charge in [0.1, 0.15) is 12.6 Å². The summed E-state index contributed by atoms with van der Waals surface area (Å²) >= 11 is 0. The first-order valence-corrected chi connectivity index (χ1v) is 23.2. The van der Waals surface area contributed by atoms with Crippen LogP contribution in [0.1, 0.15) is 149 Å². The molecular weight excluding hydrogens is 773 g/mol. The summed E-state index contributed by atoms with van der Waals surface area (Å²) in [6.07, 6.45) is 45.4. The normalized spacial score (nSPS) is 15.1. The van der Waals surface area contributed by atoms with Crippen molar-refractivity contribution in [2.75, 3.05) is 19.8 Å². The van der Waals surface area contributed by atoms with Gasteiger partial charge in [0.15, 0.2) is 6.10 Å². The largest absolute Gasteiger partial charge is 0.480 e. The Labute approximate surface area is 355 Å². The van der Waals surface area contributed by atoms with E-state index in [4.69, 9.17) is 24.8 Å². The van der Waals surface area contributed by atoms with E-state index in [1.807, 2.05) is 12.2 Å². The minimum absolute atomic E-state index is 0.0103. The second-order valence-electron chi connectivity index (χ2n) is 14.3. The Morgan fingerprint density at radius 3 is 1.81 bits per heavy atom. The van der Waals surface area contributed by atoms with Gasteiger partial charge in [0.2, 0.25) is 0 Å². The number of aliphatic carboxylic acids is 1. The molecule has 5 N–H and O–H groups in total. The number of hydrogen-bond acceptors (Lipinski definition) is 10. The zero-order valence-corrected chi connectivity index (χ0v) is 36.8. The number of ether oxygens (including phenoxy) is 2. The molecule has 12 nitrogen and oxygen atoms in total. The number of esters is 2. The molecule has 0 aromatic carbocycles. The Balaban J connectivity index is 4.60. The van der Waals surface area contributed by atoms with Crippen LogP contribution in [-0.4, -0.2) is 71.1 Å². The maximum Gasteiger partial charge on any atom is 0.472 e. The summed E-state index contributed by atoms with van der Waals surface area (Å²) in [6.45, 7) is 2.47. The van der Waals surface area contributed by atoms with Crippen LogP contribution >= 0.6 is 7.82 Å². The van der Waals surface area contributed by atoms with Gasteiger partial charge in [0.05, 0.1) is 19.3 Å². The number of phosphoric ester groups is 1. The van der Waals surface area contributed by atoms with Gasteiger partial charge in [-0.1, -0.05) is 150 Å². The fraction of sp³-hybridized carbons (Fsp3) is 0.630. The summed E-state index contributed by atoms with van der Waals surface area (Å²) in [6, 6.07) is -1.55. The maximum atomic E-state index is 12.6. The number of aliphatic hydroxyl groups excluding tert-OH is 1. The Morgan fingerprint density at radius 2 is 1.19 bits per heavy atom. The van der Waals surface area contributed by atoms with Gasteiger partial charge in [-0.3, -0.25) is 23.4 Å². The van der Waals surface area contributed by atoms with Crippen molar-refractivity contribution in [1.29, 1.82) is 0 Å². The van der Waals surface area contributed by atoms with E-state index in [0.29, 0.717) is 19.3 Å². The predicted octanol–water partition coefficient (Wildman–Crippen LogP) is 10.5. The van der Waals surface area contributed by atoms with Crippen LogP contribution in [0.2, 0.25) is 0 Å². The highest BCUT2D eigenvalue weighted by atomic mass is 31.2. The van der Waals surface area contributed by atoms with E-state index in [0.717, 1.165) is 57.8 Å². The molecule has 2 unspecified atom stereocenters. The average Bonchev–Trinajstić information content (AvgIpc) is 3.21. The third-order valence-corrected chi connectivity index (χ3v) is 9.67. The minimum Gasteiger partial charge on any atom is -0.480 e. The lowest BCUT2D eigenvalue weighted by Crippen LogP contribution is -2.34. The zero-order valence-electron chi connectivity index (χ0n) is 35.9. The van der Waals surface area contributed by atoms with Crippen LogP contribution in [0.3, 0.4) is 0 Å². The van der Waals surface area contributed by atoms with Crippen molar-refractivity contribution in [2.24, 2.45) is 5.73 Å². The highest BCUT2D eigenvalue weighted by Crippen LogP contribution is 2.43. The molecule has 0 fully saturated rings. The van der Waals surface area contributed by atoms with Crippen molar-refractivity contribution < 1.29 is 52.6 Å². The van der Waals surface area contributed by atoms with Crippen LogP contribution in [0.25, 0.3) is 0 Å². The SMILES string of the molecule is CC/C=C\C/C=C\C/C=C\C/C=C\C=C/C(O)C/C=C\CCC(=O)OC[C@H](COP(=O)(O)OC[C@H](N)C(=O)O)OC(=O)CCCCCCCCC/C=C\CCCCCC. The van der Waals surface area contributed by atoms with Crippen LogP contribution in [0.4, 0.5) is 0 Å². The summed E-state index contributed by atoms with van der Waals surface area (Å²) in [4.78, 5) is 45.9. The van der Waals surface area contributed by atoms with Crippen molar-refractivity contribution in [3.8, 4) is 0 Å². The zero-order chi connectivity index (χ0) is 43.7. The number of hydrogen-bond donors (Lipinski definition) is 4. The first-order valence-electron chi connectivity index (χ1n) is 21.7. The summed E-state index contributed by atoms with van der Waals surface area (Å²) in [7, 11) is -4.76. The average molecular weight is 850 g/mol. The fourth-order valence-electron chi connectivity index (χ4n) is 5.29. The van der Waals surface area contributed by atoms with Gasteiger partial charge < -0.3 is 30.3 Å². The molecule has 0 radical (unpaired) electrons. The molecule has 13 heteroatoms. The van der Waals surface area contributed by atoms with E-state index in [1.165, 1.54) is 44.9 Å². The Hall–Kier alpha value is -3.38. The number of carboxylic acid groups (broad SMARTS) is 1. The summed E-state index contributed by atoms with van der Waals surface area (Å²) < 4.78 is 32.5. The van der Waals surface area contributed by atoms with Crippen LogP contribution in [0.15, 0.2) is 85.1 Å². The topological polar surface area (TPSA) is 192 Å². The van der Waals surface area contributed by atoms with Gasteiger partial charge in [0, 0.05) is 12.8 Å². The number of allylic oxidation sites excluding steroid dienone is 12. The van der Waals surface area contributed by atoms with E-state index in [1.54, 1.807) is 24.3 Å². The van der Waals surface area contributed by atoms with Crippen LogP contribution in [0, 0.1) is 0 Å². The van der Waals surface area contributed by atoms with Gasteiger partial charge in [0.25, 0.3) is 0 Å². The Kier molecular flexibility index (Phi) is 37.8. The van der Waals surface area contributed by atoms with Gasteiger partial charge in [-0.25, -0.2) is 4.57 Å². The van der Waals surface area contributed by atoms with Crippen molar-refractivity contribution in [3.05, 3.63) is 85.1 Å². The summed E-state index contributed by atoms with van der Waals surface area (Å²) in [5.74, 6) is -2.60. The number of carboxylic acids is 1. The van der Waals surface area contributed by atoms with E-state index in [-0.39, 0.29) is 12.8 Å². The quantitative estimate of drug-likeness (QED) is 0.0151. The molecule has 0 saturated heterocycles. The van der Waals surface area contributed by atoms with Gasteiger partial charge in [-0.15, -0.1) is 0 Å². The minimum atomic E-state index is -4.76. The molecule has 4 atom stereocenters. The summed E-state index contributed by atoms with van der Waals surface area (Å²) in [5, 5.41) is 19.1. The third-order valence-electron chi connectivity index (χ3n) is 8.72. The number of rotatable bonds is 39. The number of phosphoric acid groups is 1. The molecule has 59 heavy (non-hydrogen) atoms. The molecule has 0 spiro atoms. The standard InChI is InChI=1S/C46H76NO11P/c1-3-5-7-9-11-13-15-17-18-20-22-24-26-28-32-37-45(50)58-42(39-56-59(53,54)57-40-43(47)46(51)52)38-55-44(49)36-33-29-31-35-41(48)34-30-27-25-23-21-19-16-14-12-10-8-6-4-2/h6,8,12-15,19,21,25,27,29-31,34,41-43,48H,3-5,7,9-11,16-18,20,22-24,26,28,32-33,35-40,47H2,1-2H3,(H,51,52)(H,53,54)/b8-6-,14-12-,15-13-,21-19-,27-25-,31-29-,34-30-/t41?,42-,43+/m1/s1. The third kappa shape index (κ3) is 39.8. The van der Waals surface area contributed by atoms with Gasteiger partial charge in [-0.05, 0) is 70.6 Å². The number of nitrogens with two attached hydrogens (primary N) is 1. The highest BCUT2D eigenvalue weighted by molar-refractivity contribution is 7.47. The second kappa shape index (κ2) is 40.0. The van der Waals surface area contributed by atoms with Gasteiger partial charge >= 0.3 is 25.7 Å². The number of unbranched alkanes of at least 4 members (excludes halogenated alkanes) is 11. The molecule has 0 rings (SSSR count). The van der Waals surface area contributed by atoms with Crippen LogP contribution in [0.5, 0.6) is 0 Å². The van der Waals surface area contributed by atoms with Crippen molar-refractivity contribution in [1.82, 2.24) is 0 Å². The van der Waals surface area contributed by atoms with Gasteiger partial charge in [-0.2, -0.15) is 0 Å². The van der Waals surface area contributed by atoms with Crippen molar-refractivity contribution in [2.45, 2.75) is 167 Å². The molecule has 0 amide bonds. The van der Waals surface area contributed by atoms with E-state index in [2.05, 4.69) is 67.0 Å². The molecule has 336 valence electrons. The van der Waals surface area contributed by atoms with Crippen molar-refractivity contribution >= 4 is 25.7 Å². The molecule has 0 aromatic rings. The molecule has 0 aliphatic carbocycles. The fourth-order valence-corrected chi connectivity index (χ4v) is 6.06. The Bertz CT molecular complexity index is 1340. The lowest BCUT2D eigenvalue weighted by molar-refractivity contribution is -0.161. The lowest BCUT2D eigenvalue weighted by atomic mass is 10.1. The summed E-state index contributed by atoms with van der Waals surface area (Å²) in [5.41, 5.74) is 5.32. The second-order valence-corrected chi connectivity index (χ2v) is 15.7. The first kappa shape index (κ1) is 55.6. The maximum absolute atomic E-state index is 12.6. The molecule has 0 aliphatic heterocycles.